The van der Waals surface area contributed by atoms with Gasteiger partial charge < -0.3 is 18.9 Å². The van der Waals surface area contributed by atoms with Crippen LogP contribution in [0.25, 0.3) is 0 Å². The highest BCUT2D eigenvalue weighted by Crippen LogP contribution is 2.34. The van der Waals surface area contributed by atoms with Crippen LogP contribution in [0.1, 0.15) is 11.1 Å². The Hall–Kier alpha value is -1.75. The van der Waals surface area contributed by atoms with Gasteiger partial charge in [0.25, 0.3) is 0 Å². The van der Waals surface area contributed by atoms with Gasteiger partial charge in [0.2, 0.25) is 0 Å². The number of carbonyl (C=O) groups excluding carboxylic acids is 1. The standard InChI is InChI=1S/C13H18O5/c1-15-8-10-9(7-12(14)17-3)5-6-11(16-2)13(10)18-4/h5-6H,7-8H2,1-4H3. The molecule has 5 nitrogen and oxygen atoms in total. The zero-order valence-corrected chi connectivity index (χ0v) is 11.1. The van der Waals surface area contributed by atoms with Gasteiger partial charge in [0.15, 0.2) is 11.5 Å². The molecule has 0 aromatic heterocycles. The molecule has 0 unspecified atom stereocenters. The Morgan fingerprint density at radius 3 is 2.33 bits per heavy atom. The fourth-order valence-corrected chi connectivity index (χ4v) is 1.73. The van der Waals surface area contributed by atoms with Gasteiger partial charge in [0.05, 0.1) is 34.4 Å². The lowest BCUT2D eigenvalue weighted by molar-refractivity contribution is -0.139. The number of hydrogen-bond acceptors (Lipinski definition) is 5. The topological polar surface area (TPSA) is 54.0 Å². The van der Waals surface area contributed by atoms with Crippen LogP contribution in [0.3, 0.4) is 0 Å². The summed E-state index contributed by atoms with van der Waals surface area (Å²) in [4.78, 5) is 11.4. The third kappa shape index (κ3) is 3.13. The lowest BCUT2D eigenvalue weighted by Crippen LogP contribution is -2.09. The lowest BCUT2D eigenvalue weighted by Gasteiger charge is -2.16. The quantitative estimate of drug-likeness (QED) is 0.721. The molecular weight excluding hydrogens is 236 g/mol. The Labute approximate surface area is 107 Å². The van der Waals surface area contributed by atoms with Gasteiger partial charge in [-0.25, -0.2) is 0 Å². The second-order valence-corrected chi connectivity index (χ2v) is 3.62. The summed E-state index contributed by atoms with van der Waals surface area (Å²) in [5.41, 5.74) is 1.60. The molecule has 1 rings (SSSR count). The molecule has 18 heavy (non-hydrogen) atoms. The summed E-state index contributed by atoms with van der Waals surface area (Å²) < 4.78 is 20.3. The minimum absolute atomic E-state index is 0.176. The van der Waals surface area contributed by atoms with Crippen molar-refractivity contribution in [2.75, 3.05) is 28.4 Å². The molecule has 0 aliphatic carbocycles. The number of ether oxygens (including phenoxy) is 4. The number of rotatable bonds is 6. The molecule has 0 aliphatic rings. The molecule has 5 heteroatoms. The Morgan fingerprint density at radius 2 is 1.83 bits per heavy atom. The zero-order chi connectivity index (χ0) is 13.5. The normalized spacial score (nSPS) is 10.0. The predicted octanol–water partition coefficient (Wildman–Crippen LogP) is 1.57. The summed E-state index contributed by atoms with van der Waals surface area (Å²) in [7, 11) is 6.06. The van der Waals surface area contributed by atoms with Crippen LogP contribution in [-0.4, -0.2) is 34.4 Å². The van der Waals surface area contributed by atoms with E-state index in [1.165, 1.54) is 7.11 Å². The van der Waals surface area contributed by atoms with Gasteiger partial charge in [-0.05, 0) is 11.6 Å². The van der Waals surface area contributed by atoms with Crippen LogP contribution in [-0.2, 0) is 27.3 Å². The van der Waals surface area contributed by atoms with Gasteiger partial charge in [0, 0.05) is 12.7 Å². The number of esters is 1. The van der Waals surface area contributed by atoms with Crippen molar-refractivity contribution < 1.29 is 23.7 Å². The van der Waals surface area contributed by atoms with E-state index < -0.39 is 0 Å². The van der Waals surface area contributed by atoms with Crippen molar-refractivity contribution in [2.24, 2.45) is 0 Å². The highest BCUT2D eigenvalue weighted by molar-refractivity contribution is 5.73. The van der Waals surface area contributed by atoms with E-state index in [9.17, 15) is 4.79 Å². The second kappa shape index (κ2) is 6.86. The summed E-state index contributed by atoms with van der Waals surface area (Å²) in [5, 5.41) is 0. The molecule has 0 fully saturated rings. The van der Waals surface area contributed by atoms with Crippen LogP contribution in [0, 0.1) is 0 Å². The van der Waals surface area contributed by atoms with Crippen LogP contribution < -0.4 is 9.47 Å². The van der Waals surface area contributed by atoms with E-state index in [1.54, 1.807) is 27.4 Å². The van der Waals surface area contributed by atoms with Crippen LogP contribution >= 0.6 is 0 Å². The van der Waals surface area contributed by atoms with Gasteiger partial charge in [-0.1, -0.05) is 6.07 Å². The monoisotopic (exact) mass is 254 g/mol. The Balaban J connectivity index is 3.20. The zero-order valence-electron chi connectivity index (χ0n) is 11.1. The molecule has 0 aliphatic heterocycles. The summed E-state index contributed by atoms with van der Waals surface area (Å²) >= 11 is 0. The lowest BCUT2D eigenvalue weighted by atomic mass is 10.0. The van der Waals surface area contributed by atoms with Crippen molar-refractivity contribution in [3.63, 3.8) is 0 Å². The van der Waals surface area contributed by atoms with Crippen molar-refractivity contribution in [1.82, 2.24) is 0 Å². The smallest absolute Gasteiger partial charge is 0.309 e. The van der Waals surface area contributed by atoms with Crippen LogP contribution in [0.2, 0.25) is 0 Å². The third-order valence-electron chi connectivity index (χ3n) is 2.60. The van der Waals surface area contributed by atoms with Gasteiger partial charge in [-0.15, -0.1) is 0 Å². The van der Waals surface area contributed by atoms with Gasteiger partial charge in [-0.3, -0.25) is 4.79 Å². The number of benzene rings is 1. The van der Waals surface area contributed by atoms with Crippen molar-refractivity contribution >= 4 is 5.97 Å². The third-order valence-corrected chi connectivity index (χ3v) is 2.60. The van der Waals surface area contributed by atoms with E-state index >= 15 is 0 Å². The molecule has 0 N–H and O–H groups in total. The van der Waals surface area contributed by atoms with Gasteiger partial charge in [-0.2, -0.15) is 0 Å². The van der Waals surface area contributed by atoms with Crippen LogP contribution in [0.5, 0.6) is 11.5 Å². The number of methoxy groups -OCH3 is 4. The molecule has 0 saturated carbocycles. The van der Waals surface area contributed by atoms with E-state index in [0.29, 0.717) is 18.1 Å². The van der Waals surface area contributed by atoms with E-state index in [0.717, 1.165) is 11.1 Å². The molecule has 0 heterocycles. The van der Waals surface area contributed by atoms with Crippen molar-refractivity contribution in [3.8, 4) is 11.5 Å². The Kier molecular flexibility index (Phi) is 5.45. The minimum Gasteiger partial charge on any atom is -0.493 e. The summed E-state index contributed by atoms with van der Waals surface area (Å²) in [5.74, 6) is 0.887. The van der Waals surface area contributed by atoms with Gasteiger partial charge in [0.1, 0.15) is 0 Å². The Morgan fingerprint density at radius 1 is 1.11 bits per heavy atom. The van der Waals surface area contributed by atoms with Crippen molar-refractivity contribution in [2.45, 2.75) is 13.0 Å². The average molecular weight is 254 g/mol. The fraction of sp³-hybridized carbons (Fsp3) is 0.462. The number of hydrogen-bond donors (Lipinski definition) is 0. The summed E-state index contributed by atoms with van der Waals surface area (Å²) in [6, 6.07) is 3.57. The first-order chi connectivity index (χ1) is 8.67. The van der Waals surface area contributed by atoms with Crippen molar-refractivity contribution in [3.05, 3.63) is 23.3 Å². The van der Waals surface area contributed by atoms with Crippen molar-refractivity contribution in [1.29, 1.82) is 0 Å². The highest BCUT2D eigenvalue weighted by atomic mass is 16.5. The predicted molar refractivity (Wildman–Crippen MR) is 66.0 cm³/mol. The minimum atomic E-state index is -0.306. The molecule has 1 aromatic rings. The molecule has 0 saturated heterocycles. The fourth-order valence-electron chi connectivity index (χ4n) is 1.73. The first-order valence-corrected chi connectivity index (χ1v) is 5.46. The first-order valence-electron chi connectivity index (χ1n) is 5.46. The summed E-state index contributed by atoms with van der Waals surface area (Å²) in [6.45, 7) is 0.340. The molecule has 0 spiro atoms. The van der Waals surface area contributed by atoms with Crippen LogP contribution in [0.4, 0.5) is 0 Å². The highest BCUT2D eigenvalue weighted by Gasteiger charge is 2.16. The Bertz CT molecular complexity index is 414. The maximum atomic E-state index is 11.4. The molecule has 0 bridgehead atoms. The molecular formula is C13H18O5. The molecule has 0 radical (unpaired) electrons. The van der Waals surface area contributed by atoms with E-state index in [2.05, 4.69) is 4.74 Å². The van der Waals surface area contributed by atoms with Crippen LogP contribution in [0.15, 0.2) is 12.1 Å². The first kappa shape index (κ1) is 14.3. The maximum absolute atomic E-state index is 11.4. The largest absolute Gasteiger partial charge is 0.493 e. The second-order valence-electron chi connectivity index (χ2n) is 3.62. The van der Waals surface area contributed by atoms with E-state index in [-0.39, 0.29) is 12.4 Å². The average Bonchev–Trinajstić information content (AvgIpc) is 2.40. The molecule has 1 aromatic carbocycles. The molecule has 0 atom stereocenters. The van der Waals surface area contributed by atoms with E-state index in [4.69, 9.17) is 14.2 Å². The van der Waals surface area contributed by atoms with E-state index in [1.807, 2.05) is 6.07 Å². The van der Waals surface area contributed by atoms with Gasteiger partial charge >= 0.3 is 5.97 Å². The molecule has 100 valence electrons. The SMILES string of the molecule is COCc1c(CC(=O)OC)ccc(OC)c1OC. The maximum Gasteiger partial charge on any atom is 0.309 e. The summed E-state index contributed by atoms with van der Waals surface area (Å²) in [6.07, 6.45) is 0.176. The number of carbonyl (C=O) groups is 1. The molecule has 0 amide bonds.